The molecule has 0 aromatic heterocycles. The van der Waals surface area contributed by atoms with E-state index in [2.05, 4.69) is 26.1 Å². The van der Waals surface area contributed by atoms with E-state index in [1.807, 2.05) is 7.05 Å². The molecule has 1 aromatic rings. The molecule has 1 aliphatic heterocycles. The molecule has 1 saturated heterocycles. The molecule has 1 amide bonds. The second-order valence-corrected chi connectivity index (χ2v) is 6.82. The van der Waals surface area contributed by atoms with Crippen LogP contribution in [0, 0.1) is 11.6 Å². The number of amides is 1. The summed E-state index contributed by atoms with van der Waals surface area (Å²) in [5.74, 6) is -3.43. The van der Waals surface area contributed by atoms with Crippen molar-refractivity contribution in [1.82, 2.24) is 10.2 Å². The third-order valence-electron chi connectivity index (χ3n) is 3.87. The van der Waals surface area contributed by atoms with E-state index < -0.39 is 33.7 Å². The number of nitrogens with one attached hydrogen (secondary N) is 1. The Balaban J connectivity index is 2.15. The number of Topliss-reactive ketones (excluding diaryl/α,β-unsaturated/α-hetero) is 1. The summed E-state index contributed by atoms with van der Waals surface area (Å²) < 4.78 is 33.9. The first-order valence-electron chi connectivity index (χ1n) is 7.53. The van der Waals surface area contributed by atoms with E-state index in [0.717, 1.165) is 18.7 Å². The average Bonchev–Trinajstić information content (AvgIpc) is 2.53. The van der Waals surface area contributed by atoms with Gasteiger partial charge in [0, 0.05) is 25.7 Å². The molecule has 0 aliphatic carbocycles. The first kappa shape index (κ1) is 19.0. The van der Waals surface area contributed by atoms with E-state index in [1.54, 1.807) is 0 Å². The van der Waals surface area contributed by atoms with Crippen LogP contribution in [-0.4, -0.2) is 61.3 Å². The SMILES string of the molecule is CNC(=O)c1cc(F)c(C(=O)C(Br)C[C@H]2CN(C)CCO2)c(F)c1. The highest BCUT2D eigenvalue weighted by Gasteiger charge is 2.29. The summed E-state index contributed by atoms with van der Waals surface area (Å²) in [6, 6.07) is 1.72. The fourth-order valence-corrected chi connectivity index (χ4v) is 3.23. The Labute approximate surface area is 147 Å². The van der Waals surface area contributed by atoms with E-state index in [0.29, 0.717) is 19.6 Å². The number of rotatable bonds is 5. The van der Waals surface area contributed by atoms with Crippen molar-refractivity contribution in [1.29, 1.82) is 0 Å². The maximum absolute atomic E-state index is 14.2. The molecule has 1 aliphatic rings. The standard InChI is InChI=1S/C16H19BrF2N2O3/c1-20-16(23)9-5-12(18)14(13(19)6-9)15(22)11(17)7-10-8-21(2)3-4-24-10/h5-6,10-11H,3-4,7-8H2,1-2H3,(H,20,23)/t10-,11?/m0/s1. The van der Waals surface area contributed by atoms with Crippen molar-refractivity contribution < 1.29 is 23.1 Å². The number of ether oxygens (including phenoxy) is 1. The lowest BCUT2D eigenvalue weighted by Gasteiger charge is -2.31. The average molecular weight is 405 g/mol. The molecule has 1 fully saturated rings. The number of nitrogens with zero attached hydrogens (tertiary/aromatic N) is 1. The molecule has 1 N–H and O–H groups in total. The molecule has 0 spiro atoms. The van der Waals surface area contributed by atoms with E-state index in [9.17, 15) is 18.4 Å². The lowest BCUT2D eigenvalue weighted by molar-refractivity contribution is -0.0224. The van der Waals surface area contributed by atoms with Crippen molar-refractivity contribution in [2.75, 3.05) is 33.8 Å². The number of morpholine rings is 1. The van der Waals surface area contributed by atoms with E-state index >= 15 is 0 Å². The van der Waals surface area contributed by atoms with Gasteiger partial charge in [-0.05, 0) is 25.6 Å². The van der Waals surface area contributed by atoms with Gasteiger partial charge in [0.1, 0.15) is 11.6 Å². The quantitative estimate of drug-likeness (QED) is 0.602. The number of benzene rings is 1. The van der Waals surface area contributed by atoms with Gasteiger partial charge in [-0.15, -0.1) is 0 Å². The lowest BCUT2D eigenvalue weighted by Crippen LogP contribution is -2.41. The Morgan fingerprint density at radius 3 is 2.58 bits per heavy atom. The maximum atomic E-state index is 14.2. The number of carbonyl (C=O) groups is 2. The van der Waals surface area contributed by atoms with Gasteiger partial charge >= 0.3 is 0 Å². The van der Waals surface area contributed by atoms with Crippen LogP contribution in [0.1, 0.15) is 27.1 Å². The predicted molar refractivity (Wildman–Crippen MR) is 88.6 cm³/mol. The van der Waals surface area contributed by atoms with Gasteiger partial charge in [-0.3, -0.25) is 9.59 Å². The van der Waals surface area contributed by atoms with E-state index in [1.165, 1.54) is 7.05 Å². The van der Waals surface area contributed by atoms with Gasteiger partial charge in [0.2, 0.25) is 0 Å². The highest BCUT2D eigenvalue weighted by atomic mass is 79.9. The van der Waals surface area contributed by atoms with Crippen molar-refractivity contribution >= 4 is 27.6 Å². The number of hydrogen-bond donors (Lipinski definition) is 1. The number of ketones is 1. The minimum atomic E-state index is -1.05. The van der Waals surface area contributed by atoms with Crippen molar-refractivity contribution in [3.63, 3.8) is 0 Å². The molecule has 0 bridgehead atoms. The third-order valence-corrected chi connectivity index (χ3v) is 4.66. The zero-order chi connectivity index (χ0) is 17.9. The molecule has 1 heterocycles. The lowest BCUT2D eigenvalue weighted by atomic mass is 10.0. The largest absolute Gasteiger partial charge is 0.376 e. The molecule has 0 saturated carbocycles. The molecule has 1 aromatic carbocycles. The fraction of sp³-hybridized carbons (Fsp3) is 0.500. The van der Waals surface area contributed by atoms with Crippen LogP contribution in [0.5, 0.6) is 0 Å². The first-order valence-corrected chi connectivity index (χ1v) is 8.44. The van der Waals surface area contributed by atoms with Crippen LogP contribution in [0.15, 0.2) is 12.1 Å². The summed E-state index contributed by atoms with van der Waals surface area (Å²) in [6.45, 7) is 2.01. The van der Waals surface area contributed by atoms with Gasteiger partial charge in [0.05, 0.1) is 23.1 Å². The van der Waals surface area contributed by atoms with Gasteiger partial charge in [-0.2, -0.15) is 0 Å². The topological polar surface area (TPSA) is 58.6 Å². The highest BCUT2D eigenvalue weighted by Crippen LogP contribution is 2.23. The third kappa shape index (κ3) is 4.37. The Morgan fingerprint density at radius 1 is 1.42 bits per heavy atom. The molecule has 132 valence electrons. The molecular weight excluding hydrogens is 386 g/mol. The number of carbonyl (C=O) groups excluding carboxylic acids is 2. The molecule has 5 nitrogen and oxygen atoms in total. The molecule has 2 atom stereocenters. The van der Waals surface area contributed by atoms with Gasteiger partial charge in [0.15, 0.2) is 5.78 Å². The second-order valence-electron chi connectivity index (χ2n) is 5.72. The van der Waals surface area contributed by atoms with Gasteiger partial charge < -0.3 is 15.0 Å². The zero-order valence-corrected chi connectivity index (χ0v) is 15.0. The van der Waals surface area contributed by atoms with Gasteiger partial charge in [-0.25, -0.2) is 8.78 Å². The number of hydrogen-bond acceptors (Lipinski definition) is 4. The summed E-state index contributed by atoms with van der Waals surface area (Å²) in [6.07, 6.45) is 0.118. The first-order chi connectivity index (χ1) is 11.3. The maximum Gasteiger partial charge on any atom is 0.251 e. The predicted octanol–water partition coefficient (Wildman–Crippen LogP) is 1.99. The van der Waals surface area contributed by atoms with Crippen LogP contribution >= 0.6 is 15.9 Å². The normalized spacial score (nSPS) is 19.8. The van der Waals surface area contributed by atoms with E-state index in [-0.39, 0.29) is 11.7 Å². The Kier molecular flexibility index (Phi) is 6.42. The van der Waals surface area contributed by atoms with Crippen LogP contribution in [0.3, 0.4) is 0 Å². The molecule has 2 rings (SSSR count). The number of likely N-dealkylation sites (N-methyl/N-ethyl adjacent to an activating group) is 1. The summed E-state index contributed by atoms with van der Waals surface area (Å²) in [4.78, 5) is 25.2. The van der Waals surface area contributed by atoms with Crippen molar-refractivity contribution in [2.45, 2.75) is 17.4 Å². The summed E-state index contributed by atoms with van der Waals surface area (Å²) >= 11 is 3.20. The van der Waals surface area contributed by atoms with Crippen LogP contribution in [0.25, 0.3) is 0 Å². The van der Waals surface area contributed by atoms with E-state index in [4.69, 9.17) is 4.74 Å². The zero-order valence-electron chi connectivity index (χ0n) is 13.4. The minimum Gasteiger partial charge on any atom is -0.376 e. The molecule has 24 heavy (non-hydrogen) atoms. The number of halogens is 3. The summed E-state index contributed by atoms with van der Waals surface area (Å²) in [5, 5.41) is 2.28. The molecule has 0 radical (unpaired) electrons. The Hall–Kier alpha value is -1.38. The smallest absolute Gasteiger partial charge is 0.251 e. The van der Waals surface area contributed by atoms with Crippen molar-refractivity contribution in [2.24, 2.45) is 0 Å². The van der Waals surface area contributed by atoms with Crippen molar-refractivity contribution in [3.05, 3.63) is 34.9 Å². The van der Waals surface area contributed by atoms with Crippen LogP contribution in [0.4, 0.5) is 8.78 Å². The molecule has 1 unspecified atom stereocenters. The number of alkyl halides is 1. The van der Waals surface area contributed by atoms with Gasteiger partial charge in [-0.1, -0.05) is 15.9 Å². The fourth-order valence-electron chi connectivity index (χ4n) is 2.59. The molecular formula is C16H19BrF2N2O3. The Bertz CT molecular complexity index is 619. The van der Waals surface area contributed by atoms with Crippen LogP contribution in [0.2, 0.25) is 0 Å². The second kappa shape index (κ2) is 8.13. The van der Waals surface area contributed by atoms with Gasteiger partial charge in [0.25, 0.3) is 5.91 Å². The van der Waals surface area contributed by atoms with Crippen molar-refractivity contribution in [3.8, 4) is 0 Å². The molecule has 8 heteroatoms. The summed E-state index contributed by atoms with van der Waals surface area (Å²) in [7, 11) is 3.30. The van der Waals surface area contributed by atoms with Crippen LogP contribution in [-0.2, 0) is 4.74 Å². The Morgan fingerprint density at radius 2 is 2.04 bits per heavy atom. The highest BCUT2D eigenvalue weighted by molar-refractivity contribution is 9.10. The summed E-state index contributed by atoms with van der Waals surface area (Å²) in [5.41, 5.74) is -0.818. The minimum absolute atomic E-state index is 0.174. The monoisotopic (exact) mass is 404 g/mol. The van der Waals surface area contributed by atoms with Crippen LogP contribution < -0.4 is 5.32 Å².